The molecule has 4 rings (SSSR count). The van der Waals surface area contributed by atoms with E-state index in [2.05, 4.69) is 25.3 Å². The zero-order valence-electron chi connectivity index (χ0n) is 13.7. The Hall–Kier alpha value is -2.99. The molecule has 1 aromatic carbocycles. The fourth-order valence-corrected chi connectivity index (χ4v) is 2.88. The van der Waals surface area contributed by atoms with Crippen molar-refractivity contribution >= 4 is 28.6 Å². The zero-order valence-corrected chi connectivity index (χ0v) is 14.5. The summed E-state index contributed by atoms with van der Waals surface area (Å²) in [7, 11) is 0. The lowest BCUT2D eigenvalue weighted by atomic mass is 10.1. The van der Waals surface area contributed by atoms with E-state index in [1.807, 2.05) is 30.6 Å². The fraction of sp³-hybridized carbons (Fsp3) is 0.105. The first-order chi connectivity index (χ1) is 12.7. The minimum Gasteiger partial charge on any atom is -0.366 e. The van der Waals surface area contributed by atoms with Crippen LogP contribution >= 0.6 is 11.6 Å². The maximum absolute atomic E-state index is 13.2. The molecule has 0 unspecified atom stereocenters. The molecule has 4 aromatic rings. The standard InChI is InChI=1S/C19H15ClFN5/c20-16-11-25-19-18(26-16)14(10-24-19)6-13-4-5-17(23-9-13)22-8-12-2-1-3-15(21)7-12/h1-5,7,9-11H,6,8H2,(H,22,23)(H,24,25). The summed E-state index contributed by atoms with van der Waals surface area (Å²) in [5.41, 5.74) is 4.41. The van der Waals surface area contributed by atoms with Crippen molar-refractivity contribution in [3.8, 4) is 0 Å². The number of anilines is 1. The van der Waals surface area contributed by atoms with Gasteiger partial charge in [0.1, 0.15) is 22.3 Å². The average molecular weight is 368 g/mol. The number of aromatic amines is 1. The number of hydrogen-bond donors (Lipinski definition) is 2. The van der Waals surface area contributed by atoms with E-state index in [-0.39, 0.29) is 5.82 Å². The van der Waals surface area contributed by atoms with Gasteiger partial charge >= 0.3 is 0 Å². The second-order valence-corrected chi connectivity index (χ2v) is 6.30. The van der Waals surface area contributed by atoms with Crippen LogP contribution in [0.4, 0.5) is 10.2 Å². The molecule has 0 saturated heterocycles. The molecule has 0 radical (unpaired) electrons. The molecule has 7 heteroatoms. The molecule has 3 aromatic heterocycles. The van der Waals surface area contributed by atoms with Crippen molar-refractivity contribution in [2.75, 3.05) is 5.32 Å². The predicted molar refractivity (Wildman–Crippen MR) is 99.7 cm³/mol. The molecule has 0 bridgehead atoms. The molecule has 5 nitrogen and oxygen atoms in total. The molecule has 0 aliphatic carbocycles. The summed E-state index contributed by atoms with van der Waals surface area (Å²) in [5, 5.41) is 3.56. The molecule has 0 aliphatic heterocycles. The summed E-state index contributed by atoms with van der Waals surface area (Å²) in [6.07, 6.45) is 5.89. The van der Waals surface area contributed by atoms with Gasteiger partial charge in [0.05, 0.1) is 6.20 Å². The van der Waals surface area contributed by atoms with Crippen molar-refractivity contribution in [1.82, 2.24) is 19.9 Å². The number of nitrogens with one attached hydrogen (secondary N) is 2. The second kappa shape index (κ2) is 7.09. The van der Waals surface area contributed by atoms with Crippen LogP contribution in [0.15, 0.2) is 55.0 Å². The van der Waals surface area contributed by atoms with E-state index in [9.17, 15) is 4.39 Å². The number of benzene rings is 1. The normalized spacial score (nSPS) is 11.0. The van der Waals surface area contributed by atoms with E-state index >= 15 is 0 Å². The van der Waals surface area contributed by atoms with Crippen LogP contribution in [0.25, 0.3) is 11.2 Å². The lowest BCUT2D eigenvalue weighted by Gasteiger charge is -2.07. The summed E-state index contributed by atoms with van der Waals surface area (Å²) in [4.78, 5) is 16.1. The molecule has 0 amide bonds. The van der Waals surface area contributed by atoms with Gasteiger partial charge in [0.2, 0.25) is 0 Å². The van der Waals surface area contributed by atoms with Crippen LogP contribution in [-0.2, 0) is 13.0 Å². The Balaban J connectivity index is 1.44. The Labute approximate surface area is 154 Å². The summed E-state index contributed by atoms with van der Waals surface area (Å²) >= 11 is 5.93. The molecule has 26 heavy (non-hydrogen) atoms. The maximum Gasteiger partial charge on any atom is 0.156 e. The monoisotopic (exact) mass is 367 g/mol. The maximum atomic E-state index is 13.2. The molecule has 130 valence electrons. The third-order valence-electron chi connectivity index (χ3n) is 4.01. The van der Waals surface area contributed by atoms with Crippen molar-refractivity contribution in [1.29, 1.82) is 0 Å². The molecule has 2 N–H and O–H groups in total. The summed E-state index contributed by atoms with van der Waals surface area (Å²) in [6.45, 7) is 0.515. The van der Waals surface area contributed by atoms with Crippen molar-refractivity contribution in [2.24, 2.45) is 0 Å². The average Bonchev–Trinajstić information content (AvgIpc) is 3.03. The van der Waals surface area contributed by atoms with Gasteiger partial charge in [0, 0.05) is 30.9 Å². The second-order valence-electron chi connectivity index (χ2n) is 5.92. The van der Waals surface area contributed by atoms with Crippen LogP contribution in [0.2, 0.25) is 5.15 Å². The summed E-state index contributed by atoms with van der Waals surface area (Å²) in [6, 6.07) is 10.4. The number of aromatic nitrogens is 4. The topological polar surface area (TPSA) is 66.5 Å². The Morgan fingerprint density at radius 3 is 2.81 bits per heavy atom. The number of pyridine rings is 1. The third kappa shape index (κ3) is 3.65. The Morgan fingerprint density at radius 2 is 2.00 bits per heavy atom. The summed E-state index contributed by atoms with van der Waals surface area (Å²) < 4.78 is 13.2. The highest BCUT2D eigenvalue weighted by Gasteiger charge is 2.08. The minimum absolute atomic E-state index is 0.241. The van der Waals surface area contributed by atoms with Crippen LogP contribution in [0, 0.1) is 5.82 Å². The molecule has 0 saturated carbocycles. The smallest absolute Gasteiger partial charge is 0.156 e. The molecular weight excluding hydrogens is 353 g/mol. The van der Waals surface area contributed by atoms with Gasteiger partial charge in [0.15, 0.2) is 5.65 Å². The number of fused-ring (bicyclic) bond motifs is 1. The number of halogens is 2. The molecule has 0 spiro atoms. The van der Waals surface area contributed by atoms with Crippen LogP contribution in [-0.4, -0.2) is 19.9 Å². The van der Waals surface area contributed by atoms with E-state index in [4.69, 9.17) is 11.6 Å². The van der Waals surface area contributed by atoms with E-state index in [1.165, 1.54) is 18.3 Å². The van der Waals surface area contributed by atoms with Crippen molar-refractivity contribution in [2.45, 2.75) is 13.0 Å². The number of H-pyrrole nitrogens is 1. The van der Waals surface area contributed by atoms with Gasteiger partial charge in [-0.2, -0.15) is 0 Å². The molecule has 0 fully saturated rings. The van der Waals surface area contributed by atoms with Gasteiger partial charge in [0.25, 0.3) is 0 Å². The van der Waals surface area contributed by atoms with Crippen molar-refractivity contribution in [3.63, 3.8) is 0 Å². The van der Waals surface area contributed by atoms with Crippen molar-refractivity contribution in [3.05, 3.63) is 82.6 Å². The van der Waals surface area contributed by atoms with Crippen LogP contribution in [0.5, 0.6) is 0 Å². The van der Waals surface area contributed by atoms with Gasteiger partial charge < -0.3 is 10.3 Å². The highest BCUT2D eigenvalue weighted by atomic mass is 35.5. The van der Waals surface area contributed by atoms with Crippen LogP contribution < -0.4 is 5.32 Å². The molecule has 0 atom stereocenters. The third-order valence-corrected chi connectivity index (χ3v) is 4.19. The van der Waals surface area contributed by atoms with Crippen LogP contribution in [0.3, 0.4) is 0 Å². The van der Waals surface area contributed by atoms with Gasteiger partial charge in [-0.25, -0.2) is 19.3 Å². The lowest BCUT2D eigenvalue weighted by Crippen LogP contribution is -2.02. The number of rotatable bonds is 5. The predicted octanol–water partition coefficient (Wildman–Crippen LogP) is 4.35. The Bertz CT molecular complexity index is 1050. The highest BCUT2D eigenvalue weighted by molar-refractivity contribution is 6.29. The van der Waals surface area contributed by atoms with E-state index in [1.54, 1.807) is 6.07 Å². The number of hydrogen-bond acceptors (Lipinski definition) is 4. The van der Waals surface area contributed by atoms with E-state index in [0.717, 1.165) is 28.0 Å². The zero-order chi connectivity index (χ0) is 17.9. The first-order valence-corrected chi connectivity index (χ1v) is 8.47. The van der Waals surface area contributed by atoms with Gasteiger partial charge in [-0.3, -0.25) is 0 Å². The summed E-state index contributed by atoms with van der Waals surface area (Å²) in [5.74, 6) is 0.495. The van der Waals surface area contributed by atoms with Gasteiger partial charge in [-0.05, 0) is 29.3 Å². The SMILES string of the molecule is Fc1cccc(CNc2ccc(Cc3c[nH]c4ncc(Cl)nc34)cn2)c1. The Kier molecular flexibility index (Phi) is 4.50. The van der Waals surface area contributed by atoms with Gasteiger partial charge in [-0.15, -0.1) is 0 Å². The van der Waals surface area contributed by atoms with Crippen LogP contribution in [0.1, 0.15) is 16.7 Å². The largest absolute Gasteiger partial charge is 0.366 e. The highest BCUT2D eigenvalue weighted by Crippen LogP contribution is 2.20. The Morgan fingerprint density at radius 1 is 1.08 bits per heavy atom. The first kappa shape index (κ1) is 16.5. The van der Waals surface area contributed by atoms with Gasteiger partial charge in [-0.1, -0.05) is 29.8 Å². The quantitative estimate of drug-likeness (QED) is 0.550. The van der Waals surface area contributed by atoms with E-state index < -0.39 is 0 Å². The fourth-order valence-electron chi connectivity index (χ4n) is 2.75. The molecule has 0 aliphatic rings. The van der Waals surface area contributed by atoms with E-state index in [0.29, 0.717) is 23.8 Å². The minimum atomic E-state index is -0.241. The van der Waals surface area contributed by atoms with Crippen molar-refractivity contribution < 1.29 is 4.39 Å². The lowest BCUT2D eigenvalue weighted by molar-refractivity contribution is 0.626. The molecule has 3 heterocycles. The molecular formula is C19H15ClFN5. The number of nitrogens with zero attached hydrogens (tertiary/aromatic N) is 3. The first-order valence-electron chi connectivity index (χ1n) is 8.09.